The van der Waals surface area contributed by atoms with Crippen molar-refractivity contribution in [2.24, 2.45) is 0 Å². The second-order valence-electron chi connectivity index (χ2n) is 5.73. The monoisotopic (exact) mass is 293 g/mol. The fraction of sp³-hybridized carbons (Fsp3) is 0.588. The van der Waals surface area contributed by atoms with E-state index in [1.807, 2.05) is 25.1 Å². The maximum atomic E-state index is 12.6. The van der Waals surface area contributed by atoms with Gasteiger partial charge in [0, 0.05) is 16.6 Å². The quantitative estimate of drug-likeness (QED) is 0.741. The highest BCUT2D eigenvalue weighted by Gasteiger charge is 2.30. The van der Waals surface area contributed by atoms with E-state index in [1.54, 1.807) is 6.07 Å². The van der Waals surface area contributed by atoms with Crippen LogP contribution in [0, 0.1) is 0 Å². The number of benzene rings is 1. The Morgan fingerprint density at radius 3 is 2.95 bits per heavy atom. The van der Waals surface area contributed by atoms with Gasteiger partial charge >= 0.3 is 0 Å². The average molecular weight is 294 g/mol. The van der Waals surface area contributed by atoms with Crippen molar-refractivity contribution in [2.45, 2.75) is 58.0 Å². The topological polar surface area (TPSA) is 20.3 Å². The third-order valence-corrected chi connectivity index (χ3v) is 4.52. The van der Waals surface area contributed by atoms with E-state index in [1.165, 1.54) is 32.1 Å². The second kappa shape index (κ2) is 7.24. The lowest BCUT2D eigenvalue weighted by Gasteiger charge is -2.39. The van der Waals surface area contributed by atoms with Gasteiger partial charge < -0.3 is 0 Å². The van der Waals surface area contributed by atoms with Crippen molar-refractivity contribution in [3.63, 3.8) is 0 Å². The number of carbonyl (C=O) groups excluding carboxylic acids is 1. The molecule has 110 valence electrons. The standard InChI is InChI=1S/C17H24ClNO/c1-3-7-16-10-4-5-11-19(16)13(2)17(20)14-8-6-9-15(18)12-14/h6,8-9,12-13,16H,3-5,7,10-11H2,1-2H3. The van der Waals surface area contributed by atoms with Gasteiger partial charge in [-0.2, -0.15) is 0 Å². The van der Waals surface area contributed by atoms with Crippen LogP contribution in [0.2, 0.25) is 5.02 Å². The lowest BCUT2D eigenvalue weighted by Crippen LogP contribution is -2.48. The van der Waals surface area contributed by atoms with Gasteiger partial charge in [-0.1, -0.05) is 43.5 Å². The van der Waals surface area contributed by atoms with Crippen LogP contribution in [0.15, 0.2) is 24.3 Å². The number of nitrogens with zero attached hydrogens (tertiary/aromatic N) is 1. The van der Waals surface area contributed by atoms with Crippen molar-refractivity contribution in [3.05, 3.63) is 34.9 Å². The van der Waals surface area contributed by atoms with Gasteiger partial charge in [-0.3, -0.25) is 9.69 Å². The Morgan fingerprint density at radius 2 is 2.25 bits per heavy atom. The zero-order valence-corrected chi connectivity index (χ0v) is 13.2. The lowest BCUT2D eigenvalue weighted by molar-refractivity contribution is 0.0649. The molecule has 0 spiro atoms. The summed E-state index contributed by atoms with van der Waals surface area (Å²) in [6, 6.07) is 7.81. The molecule has 0 aromatic heterocycles. The molecule has 2 nitrogen and oxygen atoms in total. The van der Waals surface area contributed by atoms with E-state index in [0.29, 0.717) is 11.1 Å². The van der Waals surface area contributed by atoms with Crippen molar-refractivity contribution in [1.29, 1.82) is 0 Å². The molecule has 1 heterocycles. The molecule has 2 atom stereocenters. The molecule has 0 amide bonds. The Bertz CT molecular complexity index is 458. The van der Waals surface area contributed by atoms with Crippen LogP contribution < -0.4 is 0 Å². The number of rotatable bonds is 5. The van der Waals surface area contributed by atoms with Crippen LogP contribution in [-0.2, 0) is 0 Å². The summed E-state index contributed by atoms with van der Waals surface area (Å²) in [6.45, 7) is 5.30. The molecule has 0 saturated carbocycles. The molecule has 3 heteroatoms. The van der Waals surface area contributed by atoms with Crippen LogP contribution >= 0.6 is 11.6 Å². The maximum Gasteiger partial charge on any atom is 0.179 e. The molecule has 1 aliphatic heterocycles. The smallest absolute Gasteiger partial charge is 0.179 e. The second-order valence-corrected chi connectivity index (χ2v) is 6.16. The van der Waals surface area contributed by atoms with E-state index in [0.717, 1.165) is 12.1 Å². The van der Waals surface area contributed by atoms with Crippen LogP contribution in [0.5, 0.6) is 0 Å². The van der Waals surface area contributed by atoms with Crippen molar-refractivity contribution < 1.29 is 4.79 Å². The maximum absolute atomic E-state index is 12.6. The summed E-state index contributed by atoms with van der Waals surface area (Å²) in [4.78, 5) is 15.0. The molecule has 1 saturated heterocycles. The molecule has 1 fully saturated rings. The van der Waals surface area contributed by atoms with Gasteiger partial charge in [0.05, 0.1) is 6.04 Å². The Balaban J connectivity index is 2.12. The van der Waals surface area contributed by atoms with Crippen LogP contribution in [0.1, 0.15) is 56.3 Å². The Morgan fingerprint density at radius 1 is 1.45 bits per heavy atom. The minimum absolute atomic E-state index is 0.0506. The van der Waals surface area contributed by atoms with Crippen LogP contribution in [0.4, 0.5) is 0 Å². The van der Waals surface area contributed by atoms with Crippen LogP contribution in [0.25, 0.3) is 0 Å². The van der Waals surface area contributed by atoms with Crippen LogP contribution in [-0.4, -0.2) is 29.3 Å². The number of Topliss-reactive ketones (excluding diaryl/α,β-unsaturated/α-hetero) is 1. The molecule has 2 rings (SSSR count). The van der Waals surface area contributed by atoms with E-state index in [4.69, 9.17) is 11.6 Å². The van der Waals surface area contributed by atoms with Crippen molar-refractivity contribution in [3.8, 4) is 0 Å². The number of piperidine rings is 1. The van der Waals surface area contributed by atoms with Gasteiger partial charge in [0.1, 0.15) is 0 Å². The third kappa shape index (κ3) is 3.62. The lowest BCUT2D eigenvalue weighted by atomic mass is 9.94. The summed E-state index contributed by atoms with van der Waals surface area (Å²) < 4.78 is 0. The van der Waals surface area contributed by atoms with E-state index in [-0.39, 0.29) is 11.8 Å². The molecule has 1 aromatic carbocycles. The predicted octanol–water partition coefficient (Wildman–Crippen LogP) is 4.57. The largest absolute Gasteiger partial charge is 0.292 e. The summed E-state index contributed by atoms with van der Waals surface area (Å²) in [5.41, 5.74) is 0.728. The minimum atomic E-state index is -0.0506. The predicted molar refractivity (Wildman–Crippen MR) is 84.5 cm³/mol. The third-order valence-electron chi connectivity index (χ3n) is 4.28. The molecule has 0 aliphatic carbocycles. The summed E-state index contributed by atoms with van der Waals surface area (Å²) in [7, 11) is 0. The van der Waals surface area contributed by atoms with Gasteiger partial charge in [-0.15, -0.1) is 0 Å². The Hall–Kier alpha value is -0.860. The minimum Gasteiger partial charge on any atom is -0.292 e. The first-order valence-corrected chi connectivity index (χ1v) is 8.06. The zero-order chi connectivity index (χ0) is 14.5. The molecular formula is C17H24ClNO. The Kier molecular flexibility index (Phi) is 5.62. The van der Waals surface area contributed by atoms with E-state index in [2.05, 4.69) is 11.8 Å². The highest BCUT2D eigenvalue weighted by Crippen LogP contribution is 2.25. The van der Waals surface area contributed by atoms with Crippen LogP contribution in [0.3, 0.4) is 0 Å². The summed E-state index contributed by atoms with van der Waals surface area (Å²) >= 11 is 5.99. The first-order chi connectivity index (χ1) is 9.63. The molecule has 2 unspecified atom stereocenters. The van der Waals surface area contributed by atoms with Gasteiger partial charge in [-0.05, 0) is 44.9 Å². The average Bonchev–Trinajstić information content (AvgIpc) is 2.47. The zero-order valence-electron chi connectivity index (χ0n) is 12.4. The number of hydrogen-bond acceptors (Lipinski definition) is 2. The molecule has 0 bridgehead atoms. The van der Waals surface area contributed by atoms with Crippen molar-refractivity contribution >= 4 is 17.4 Å². The Labute approximate surface area is 127 Å². The van der Waals surface area contributed by atoms with Gasteiger partial charge in [0.15, 0.2) is 5.78 Å². The fourth-order valence-corrected chi connectivity index (χ4v) is 3.40. The molecule has 20 heavy (non-hydrogen) atoms. The molecular weight excluding hydrogens is 270 g/mol. The summed E-state index contributed by atoms with van der Waals surface area (Å²) in [5, 5.41) is 0.631. The number of hydrogen-bond donors (Lipinski definition) is 0. The van der Waals surface area contributed by atoms with Crippen molar-refractivity contribution in [2.75, 3.05) is 6.54 Å². The number of ketones is 1. The molecule has 0 radical (unpaired) electrons. The number of halogens is 1. The normalized spacial score (nSPS) is 21.6. The van der Waals surface area contributed by atoms with Crippen molar-refractivity contribution in [1.82, 2.24) is 4.90 Å². The first-order valence-electron chi connectivity index (χ1n) is 7.69. The van der Waals surface area contributed by atoms with E-state index < -0.39 is 0 Å². The first kappa shape index (κ1) is 15.5. The summed E-state index contributed by atoms with van der Waals surface area (Å²) in [5.74, 6) is 0.190. The number of likely N-dealkylation sites (tertiary alicyclic amines) is 1. The van der Waals surface area contributed by atoms with E-state index in [9.17, 15) is 4.79 Å². The number of carbonyl (C=O) groups is 1. The highest BCUT2D eigenvalue weighted by molar-refractivity contribution is 6.31. The molecule has 1 aromatic rings. The molecule has 1 aliphatic rings. The van der Waals surface area contributed by atoms with Gasteiger partial charge in [-0.25, -0.2) is 0 Å². The summed E-state index contributed by atoms with van der Waals surface area (Å²) in [6.07, 6.45) is 6.08. The highest BCUT2D eigenvalue weighted by atomic mass is 35.5. The van der Waals surface area contributed by atoms with Gasteiger partial charge in [0.25, 0.3) is 0 Å². The SMILES string of the molecule is CCCC1CCCCN1C(C)C(=O)c1cccc(Cl)c1. The fourth-order valence-electron chi connectivity index (χ4n) is 3.21. The molecule has 0 N–H and O–H groups in total. The van der Waals surface area contributed by atoms with E-state index >= 15 is 0 Å². The van der Waals surface area contributed by atoms with Gasteiger partial charge in [0.2, 0.25) is 0 Å².